The molecule has 0 heterocycles. The zero-order chi connectivity index (χ0) is 13.4. The molecule has 18 heavy (non-hydrogen) atoms. The first kappa shape index (κ1) is 14.6. The van der Waals surface area contributed by atoms with E-state index < -0.39 is 0 Å². The summed E-state index contributed by atoms with van der Waals surface area (Å²) in [5.41, 5.74) is 1.24. The van der Waals surface area contributed by atoms with E-state index in [1.807, 2.05) is 26.0 Å². The molecule has 1 aromatic rings. The smallest absolute Gasteiger partial charge is 0.120 e. The number of hydrogen-bond donors (Lipinski definition) is 1. The molecule has 0 aliphatic heterocycles. The van der Waals surface area contributed by atoms with Crippen LogP contribution < -0.4 is 10.1 Å². The first-order chi connectivity index (χ1) is 8.67. The summed E-state index contributed by atoms with van der Waals surface area (Å²) in [5.74, 6) is 3.62. The Hall–Kier alpha value is -1.46. The highest BCUT2D eigenvalue weighted by atomic mass is 16.5. The molecular formula is C16H23NO. The maximum absolute atomic E-state index is 5.72. The summed E-state index contributed by atoms with van der Waals surface area (Å²) in [6, 6.07) is 8.56. The van der Waals surface area contributed by atoms with E-state index in [0.29, 0.717) is 6.04 Å². The number of ether oxygens (including phenoxy) is 1. The average molecular weight is 245 g/mol. The zero-order valence-corrected chi connectivity index (χ0v) is 11.6. The van der Waals surface area contributed by atoms with E-state index in [9.17, 15) is 0 Å². The minimum Gasteiger partial charge on any atom is -0.491 e. The Morgan fingerprint density at radius 3 is 2.78 bits per heavy atom. The van der Waals surface area contributed by atoms with Crippen molar-refractivity contribution in [1.29, 1.82) is 0 Å². The van der Waals surface area contributed by atoms with Crippen LogP contribution in [0.25, 0.3) is 0 Å². The van der Waals surface area contributed by atoms with Crippen molar-refractivity contribution in [2.24, 2.45) is 0 Å². The lowest BCUT2D eigenvalue weighted by Gasteiger charge is -2.19. The Kier molecular flexibility index (Phi) is 6.32. The predicted octanol–water partition coefficient (Wildman–Crippen LogP) is 3.54. The van der Waals surface area contributed by atoms with E-state index >= 15 is 0 Å². The largest absolute Gasteiger partial charge is 0.491 e. The first-order valence-electron chi connectivity index (χ1n) is 6.60. The standard InChI is InChI=1S/C16H23NO/c1-5-7-11-16(17-6-2)14-9-8-10-15(12-14)18-13(3)4/h1,8-10,12-13,16-17H,6-7,11H2,2-4H3. The van der Waals surface area contributed by atoms with Crippen LogP contribution in [0, 0.1) is 12.3 Å². The minimum absolute atomic E-state index is 0.198. The van der Waals surface area contributed by atoms with Crippen molar-refractivity contribution < 1.29 is 4.74 Å². The van der Waals surface area contributed by atoms with Crippen LogP contribution in [-0.2, 0) is 0 Å². The predicted molar refractivity (Wildman–Crippen MR) is 76.7 cm³/mol. The summed E-state index contributed by atoms with van der Waals surface area (Å²) in [6.45, 7) is 7.11. The fraction of sp³-hybridized carbons (Fsp3) is 0.500. The Morgan fingerprint density at radius 2 is 2.17 bits per heavy atom. The Bertz CT molecular complexity index is 392. The molecule has 0 aliphatic carbocycles. The summed E-state index contributed by atoms with van der Waals surface area (Å²) in [5, 5.41) is 3.46. The van der Waals surface area contributed by atoms with Gasteiger partial charge in [0.1, 0.15) is 5.75 Å². The molecule has 0 saturated carbocycles. The van der Waals surface area contributed by atoms with Gasteiger partial charge in [0, 0.05) is 12.5 Å². The third-order valence-corrected chi connectivity index (χ3v) is 2.66. The molecule has 0 amide bonds. The summed E-state index contributed by atoms with van der Waals surface area (Å²) in [4.78, 5) is 0. The molecule has 0 fully saturated rings. The highest BCUT2D eigenvalue weighted by molar-refractivity contribution is 5.30. The van der Waals surface area contributed by atoms with Gasteiger partial charge in [-0.2, -0.15) is 0 Å². The molecule has 1 atom stereocenters. The molecule has 1 aromatic carbocycles. The summed E-state index contributed by atoms with van der Waals surface area (Å²) < 4.78 is 5.72. The van der Waals surface area contributed by atoms with Crippen molar-refractivity contribution in [3.05, 3.63) is 29.8 Å². The fourth-order valence-corrected chi connectivity index (χ4v) is 1.94. The zero-order valence-electron chi connectivity index (χ0n) is 11.6. The van der Waals surface area contributed by atoms with Gasteiger partial charge >= 0.3 is 0 Å². The lowest BCUT2D eigenvalue weighted by Crippen LogP contribution is -2.20. The Morgan fingerprint density at radius 1 is 1.39 bits per heavy atom. The van der Waals surface area contributed by atoms with Gasteiger partial charge in [0.15, 0.2) is 0 Å². The highest BCUT2D eigenvalue weighted by Crippen LogP contribution is 2.23. The van der Waals surface area contributed by atoms with Gasteiger partial charge < -0.3 is 10.1 Å². The SMILES string of the molecule is C#CCCC(NCC)c1cccc(OC(C)C)c1. The Balaban J connectivity index is 2.80. The number of terminal acetylenes is 1. The normalized spacial score (nSPS) is 12.2. The van der Waals surface area contributed by atoms with Gasteiger partial charge in [-0.1, -0.05) is 19.1 Å². The molecule has 0 aliphatic rings. The molecule has 0 aromatic heterocycles. The van der Waals surface area contributed by atoms with Gasteiger partial charge in [0.05, 0.1) is 6.10 Å². The summed E-state index contributed by atoms with van der Waals surface area (Å²) in [7, 11) is 0. The second kappa shape index (κ2) is 7.79. The van der Waals surface area contributed by atoms with Gasteiger partial charge in [-0.05, 0) is 44.5 Å². The summed E-state index contributed by atoms with van der Waals surface area (Å²) in [6.07, 6.45) is 7.28. The average Bonchev–Trinajstić information content (AvgIpc) is 2.34. The molecular weight excluding hydrogens is 222 g/mol. The molecule has 1 rings (SSSR count). The van der Waals surface area contributed by atoms with Crippen molar-refractivity contribution in [3.8, 4) is 18.1 Å². The van der Waals surface area contributed by atoms with Crippen LogP contribution in [0.2, 0.25) is 0 Å². The van der Waals surface area contributed by atoms with E-state index in [2.05, 4.69) is 30.3 Å². The minimum atomic E-state index is 0.198. The summed E-state index contributed by atoms with van der Waals surface area (Å²) >= 11 is 0. The molecule has 2 nitrogen and oxygen atoms in total. The topological polar surface area (TPSA) is 21.3 Å². The van der Waals surface area contributed by atoms with Crippen LogP contribution in [0.4, 0.5) is 0 Å². The second-order valence-electron chi connectivity index (χ2n) is 4.59. The molecule has 1 unspecified atom stereocenters. The van der Waals surface area contributed by atoms with Gasteiger partial charge in [-0.3, -0.25) is 0 Å². The highest BCUT2D eigenvalue weighted by Gasteiger charge is 2.10. The molecule has 2 heteroatoms. The van der Waals surface area contributed by atoms with Crippen LogP contribution in [0.5, 0.6) is 5.75 Å². The Labute approximate surface area is 111 Å². The third-order valence-electron chi connectivity index (χ3n) is 2.66. The van der Waals surface area contributed by atoms with Crippen molar-refractivity contribution >= 4 is 0 Å². The first-order valence-corrected chi connectivity index (χ1v) is 6.60. The van der Waals surface area contributed by atoms with Crippen LogP contribution >= 0.6 is 0 Å². The van der Waals surface area contributed by atoms with Crippen LogP contribution in [0.1, 0.15) is 45.2 Å². The van der Waals surface area contributed by atoms with Crippen LogP contribution in [0.3, 0.4) is 0 Å². The van der Waals surface area contributed by atoms with E-state index in [1.54, 1.807) is 0 Å². The van der Waals surface area contributed by atoms with E-state index in [4.69, 9.17) is 11.2 Å². The third kappa shape index (κ3) is 4.81. The molecule has 0 radical (unpaired) electrons. The monoisotopic (exact) mass is 245 g/mol. The molecule has 0 spiro atoms. The van der Waals surface area contributed by atoms with E-state index in [1.165, 1.54) is 5.56 Å². The number of benzene rings is 1. The second-order valence-corrected chi connectivity index (χ2v) is 4.59. The maximum atomic E-state index is 5.72. The number of nitrogens with one attached hydrogen (secondary N) is 1. The van der Waals surface area contributed by atoms with E-state index in [-0.39, 0.29) is 6.10 Å². The quantitative estimate of drug-likeness (QED) is 0.742. The van der Waals surface area contributed by atoms with Crippen LogP contribution in [0.15, 0.2) is 24.3 Å². The molecule has 0 saturated heterocycles. The van der Waals surface area contributed by atoms with E-state index in [0.717, 1.165) is 25.1 Å². The lowest BCUT2D eigenvalue weighted by molar-refractivity contribution is 0.242. The van der Waals surface area contributed by atoms with Crippen molar-refractivity contribution in [2.75, 3.05) is 6.54 Å². The molecule has 0 bridgehead atoms. The van der Waals surface area contributed by atoms with Gasteiger partial charge in [-0.25, -0.2) is 0 Å². The maximum Gasteiger partial charge on any atom is 0.120 e. The fourth-order valence-electron chi connectivity index (χ4n) is 1.94. The molecule has 98 valence electrons. The number of rotatable bonds is 7. The number of hydrogen-bond acceptors (Lipinski definition) is 2. The van der Waals surface area contributed by atoms with Gasteiger partial charge in [0.2, 0.25) is 0 Å². The van der Waals surface area contributed by atoms with Crippen molar-refractivity contribution in [2.45, 2.75) is 45.8 Å². The van der Waals surface area contributed by atoms with Crippen molar-refractivity contribution in [1.82, 2.24) is 5.32 Å². The van der Waals surface area contributed by atoms with Crippen molar-refractivity contribution in [3.63, 3.8) is 0 Å². The van der Waals surface area contributed by atoms with Gasteiger partial charge in [0.25, 0.3) is 0 Å². The lowest BCUT2D eigenvalue weighted by atomic mass is 10.0. The van der Waals surface area contributed by atoms with Gasteiger partial charge in [-0.15, -0.1) is 12.3 Å². The van der Waals surface area contributed by atoms with Crippen LogP contribution in [-0.4, -0.2) is 12.6 Å². The molecule has 1 N–H and O–H groups in total.